The molecule has 1 heterocycles. The highest BCUT2D eigenvalue weighted by Gasteiger charge is 2.13. The number of hydrogen-bond acceptors (Lipinski definition) is 12. The van der Waals surface area contributed by atoms with Crippen LogP contribution in [0.1, 0.15) is 16.7 Å². The highest BCUT2D eigenvalue weighted by Crippen LogP contribution is 2.26. The van der Waals surface area contributed by atoms with Crippen LogP contribution < -0.4 is 16.1 Å². The standard InChI is InChI=1S/C24H21N9O5/c1-14-3-5-18(11-15(14)2)27-23-28-22(26-17-6-8-19(9-7-17)32(35)36)29-24(30-23)31-25-13-16-4-10-21(34)20(12-16)33(37)38/h3-13,34H,1-2H3,(H3,26,27,28,29,30,31)/b25-13+. The molecule has 4 N–H and O–H groups in total. The minimum atomic E-state index is -0.701. The van der Waals surface area contributed by atoms with Gasteiger partial charge < -0.3 is 15.7 Å². The summed E-state index contributed by atoms with van der Waals surface area (Å²) >= 11 is 0. The van der Waals surface area contributed by atoms with Crippen LogP contribution in [0.5, 0.6) is 5.75 Å². The van der Waals surface area contributed by atoms with Crippen LogP contribution in [0.25, 0.3) is 0 Å². The van der Waals surface area contributed by atoms with Crippen molar-refractivity contribution < 1.29 is 15.0 Å². The van der Waals surface area contributed by atoms with E-state index in [9.17, 15) is 25.3 Å². The summed E-state index contributed by atoms with van der Waals surface area (Å²) in [6.07, 6.45) is 1.30. The lowest BCUT2D eigenvalue weighted by Gasteiger charge is -2.11. The number of phenols is 1. The SMILES string of the molecule is Cc1ccc(Nc2nc(N/N=C/c3ccc(O)c([N+](=O)[O-])c3)nc(Nc3ccc([N+](=O)[O-])cc3)n2)cc1C. The Morgan fingerprint density at radius 2 is 1.42 bits per heavy atom. The van der Waals surface area contributed by atoms with Crippen LogP contribution in [-0.2, 0) is 0 Å². The van der Waals surface area contributed by atoms with Crippen LogP contribution in [0.15, 0.2) is 65.8 Å². The number of aryl methyl sites for hydroxylation is 2. The molecular formula is C24H21N9O5. The van der Waals surface area contributed by atoms with Gasteiger partial charge in [0.05, 0.1) is 16.1 Å². The summed E-state index contributed by atoms with van der Waals surface area (Å²) in [6, 6.07) is 15.3. The highest BCUT2D eigenvalue weighted by atomic mass is 16.6. The predicted molar refractivity (Wildman–Crippen MR) is 141 cm³/mol. The van der Waals surface area contributed by atoms with Crippen LogP contribution >= 0.6 is 0 Å². The second-order valence-corrected chi connectivity index (χ2v) is 8.03. The van der Waals surface area contributed by atoms with Gasteiger partial charge in [0, 0.05) is 35.1 Å². The topological polar surface area (TPSA) is 194 Å². The maximum absolute atomic E-state index is 11.0. The molecule has 0 aliphatic heterocycles. The molecule has 0 unspecified atom stereocenters. The predicted octanol–water partition coefficient (Wildman–Crippen LogP) is 4.94. The molecule has 3 aromatic carbocycles. The van der Waals surface area contributed by atoms with Crippen molar-refractivity contribution in [3.8, 4) is 5.75 Å². The molecule has 4 rings (SSSR count). The second-order valence-electron chi connectivity index (χ2n) is 8.03. The zero-order valence-corrected chi connectivity index (χ0v) is 20.1. The summed E-state index contributed by atoms with van der Waals surface area (Å²) in [5.41, 5.74) is 5.94. The van der Waals surface area contributed by atoms with Crippen molar-refractivity contribution in [2.24, 2.45) is 5.10 Å². The Bertz CT molecular complexity index is 1540. The van der Waals surface area contributed by atoms with E-state index < -0.39 is 21.3 Å². The summed E-state index contributed by atoms with van der Waals surface area (Å²) in [6.45, 7) is 3.97. The molecule has 38 heavy (non-hydrogen) atoms. The first-order valence-electron chi connectivity index (χ1n) is 11.1. The normalized spacial score (nSPS) is 10.8. The van der Waals surface area contributed by atoms with E-state index in [2.05, 4.69) is 36.1 Å². The Hall–Kier alpha value is -5.66. The number of aromatic hydroxyl groups is 1. The van der Waals surface area contributed by atoms with E-state index in [1.54, 1.807) is 0 Å². The quantitative estimate of drug-likeness (QED) is 0.134. The Morgan fingerprint density at radius 3 is 2.05 bits per heavy atom. The molecule has 0 aliphatic carbocycles. The maximum atomic E-state index is 11.0. The first kappa shape index (κ1) is 25.4. The van der Waals surface area contributed by atoms with E-state index in [0.717, 1.165) is 16.8 Å². The largest absolute Gasteiger partial charge is 0.502 e. The summed E-state index contributed by atoms with van der Waals surface area (Å²) in [5.74, 6) is -0.106. The number of benzene rings is 3. The second kappa shape index (κ2) is 10.9. The third kappa shape index (κ3) is 6.31. The van der Waals surface area contributed by atoms with Crippen molar-refractivity contribution in [1.82, 2.24) is 15.0 Å². The average molecular weight is 515 g/mol. The number of nitro benzene ring substituents is 2. The molecule has 4 aromatic rings. The minimum Gasteiger partial charge on any atom is -0.502 e. The zero-order valence-electron chi connectivity index (χ0n) is 20.1. The van der Waals surface area contributed by atoms with Crippen LogP contribution in [0.4, 0.5) is 40.6 Å². The van der Waals surface area contributed by atoms with Crippen molar-refractivity contribution in [1.29, 1.82) is 0 Å². The Labute approximate surface area is 215 Å². The number of rotatable bonds is 9. The molecule has 192 valence electrons. The van der Waals surface area contributed by atoms with Gasteiger partial charge in [-0.15, -0.1) is 0 Å². The molecule has 0 spiro atoms. The number of anilines is 5. The van der Waals surface area contributed by atoms with E-state index in [-0.39, 0.29) is 23.5 Å². The third-order valence-electron chi connectivity index (χ3n) is 5.31. The number of aromatic nitrogens is 3. The number of phenolic OH excluding ortho intramolecular Hbond substituents is 1. The lowest BCUT2D eigenvalue weighted by Crippen LogP contribution is -2.07. The third-order valence-corrected chi connectivity index (χ3v) is 5.31. The molecule has 0 bridgehead atoms. The van der Waals surface area contributed by atoms with Crippen molar-refractivity contribution >= 4 is 46.8 Å². The molecule has 0 fully saturated rings. The first-order chi connectivity index (χ1) is 18.2. The number of nitrogens with zero attached hydrogens (tertiary/aromatic N) is 6. The van der Waals surface area contributed by atoms with Crippen molar-refractivity contribution in [3.05, 3.63) is 97.6 Å². The Morgan fingerprint density at radius 1 is 0.789 bits per heavy atom. The lowest BCUT2D eigenvalue weighted by atomic mass is 10.1. The number of nitrogens with one attached hydrogen (secondary N) is 3. The molecule has 0 saturated heterocycles. The molecule has 14 heteroatoms. The monoisotopic (exact) mass is 515 g/mol. The molecule has 0 atom stereocenters. The van der Waals surface area contributed by atoms with Crippen molar-refractivity contribution in [2.45, 2.75) is 13.8 Å². The van der Waals surface area contributed by atoms with Gasteiger partial charge in [-0.1, -0.05) is 6.07 Å². The minimum absolute atomic E-state index is 0.0419. The van der Waals surface area contributed by atoms with Gasteiger partial charge >= 0.3 is 5.69 Å². The van der Waals surface area contributed by atoms with Gasteiger partial charge in [0.1, 0.15) is 0 Å². The molecular weight excluding hydrogens is 494 g/mol. The van der Waals surface area contributed by atoms with Gasteiger partial charge in [0.25, 0.3) is 5.69 Å². The van der Waals surface area contributed by atoms with Crippen LogP contribution in [-0.4, -0.2) is 36.1 Å². The van der Waals surface area contributed by atoms with E-state index in [0.29, 0.717) is 11.3 Å². The van der Waals surface area contributed by atoms with Gasteiger partial charge in [-0.05, 0) is 61.4 Å². The van der Waals surface area contributed by atoms with Crippen LogP contribution in [0.3, 0.4) is 0 Å². The van der Waals surface area contributed by atoms with E-state index in [4.69, 9.17) is 0 Å². The number of non-ortho nitro benzene ring substituents is 1. The van der Waals surface area contributed by atoms with E-state index >= 15 is 0 Å². The lowest BCUT2D eigenvalue weighted by molar-refractivity contribution is -0.385. The molecule has 1 aromatic heterocycles. The fourth-order valence-corrected chi connectivity index (χ4v) is 3.21. The Balaban J connectivity index is 1.60. The number of hydrogen-bond donors (Lipinski definition) is 4. The number of nitro groups is 2. The smallest absolute Gasteiger partial charge is 0.311 e. The van der Waals surface area contributed by atoms with Crippen LogP contribution in [0.2, 0.25) is 0 Å². The maximum Gasteiger partial charge on any atom is 0.311 e. The van der Waals surface area contributed by atoms with Gasteiger partial charge in [0.15, 0.2) is 5.75 Å². The summed E-state index contributed by atoms with van der Waals surface area (Å²) in [4.78, 5) is 33.7. The first-order valence-corrected chi connectivity index (χ1v) is 11.1. The Kier molecular flexibility index (Phi) is 7.33. The van der Waals surface area contributed by atoms with Crippen molar-refractivity contribution in [2.75, 3.05) is 16.1 Å². The fraction of sp³-hybridized carbons (Fsp3) is 0.0833. The van der Waals surface area contributed by atoms with Crippen molar-refractivity contribution in [3.63, 3.8) is 0 Å². The van der Waals surface area contributed by atoms with E-state index in [1.807, 2.05) is 32.0 Å². The molecule has 0 amide bonds. The zero-order chi connectivity index (χ0) is 27.2. The van der Waals surface area contributed by atoms with Gasteiger partial charge in [-0.2, -0.15) is 20.1 Å². The van der Waals surface area contributed by atoms with Gasteiger partial charge in [-0.25, -0.2) is 5.43 Å². The summed E-state index contributed by atoms with van der Waals surface area (Å²) in [5, 5.41) is 41.7. The van der Waals surface area contributed by atoms with Crippen LogP contribution in [0, 0.1) is 34.1 Å². The average Bonchev–Trinajstić information content (AvgIpc) is 2.87. The van der Waals surface area contributed by atoms with E-state index in [1.165, 1.54) is 48.7 Å². The molecule has 0 aliphatic rings. The molecule has 0 saturated carbocycles. The number of hydrazone groups is 1. The summed E-state index contributed by atoms with van der Waals surface area (Å²) < 4.78 is 0. The molecule has 0 radical (unpaired) electrons. The van der Waals surface area contributed by atoms with Gasteiger partial charge in [-0.3, -0.25) is 20.2 Å². The summed E-state index contributed by atoms with van der Waals surface area (Å²) in [7, 11) is 0. The van der Waals surface area contributed by atoms with Gasteiger partial charge in [0.2, 0.25) is 17.8 Å². The molecule has 14 nitrogen and oxygen atoms in total. The highest BCUT2D eigenvalue weighted by molar-refractivity contribution is 5.82. The fourth-order valence-electron chi connectivity index (χ4n) is 3.21.